The fourth-order valence-electron chi connectivity index (χ4n) is 0. The predicted octanol–water partition coefficient (Wildman–Crippen LogP) is -1.64. The Hall–Kier alpha value is 1.14. The van der Waals surface area contributed by atoms with Crippen molar-refractivity contribution >= 4 is 37.7 Å². The van der Waals surface area contributed by atoms with Crippen LogP contribution in [-0.4, -0.2) is 48.7 Å². The Morgan fingerprint density at radius 3 is 1.00 bits per heavy atom. The summed E-state index contributed by atoms with van der Waals surface area (Å²) in [6, 6.07) is 0. The Morgan fingerprint density at radius 1 is 1.00 bits per heavy atom. The van der Waals surface area contributed by atoms with Crippen molar-refractivity contribution < 1.29 is 13.8 Å². The van der Waals surface area contributed by atoms with E-state index >= 15 is 0 Å². The minimum Gasteiger partial charge on any atom is -1.00 e. The molecular weight excluding hydrogens is 86.1 g/mol. The van der Waals surface area contributed by atoms with Crippen molar-refractivity contribution in [2.24, 2.45) is 0 Å². The molecule has 0 aromatic rings. The van der Waals surface area contributed by atoms with Crippen molar-refractivity contribution in [2.45, 2.75) is 0 Å². The first kappa shape index (κ1) is 67.8. The minimum atomic E-state index is 0. The topological polar surface area (TPSA) is 98.0 Å². The SMILES string of the molecule is N.O.O.[Ca+2].[H-].[H-]. The summed E-state index contributed by atoms with van der Waals surface area (Å²) in [6.07, 6.45) is 0. The molecule has 0 bridgehead atoms. The van der Waals surface area contributed by atoms with E-state index in [1.165, 1.54) is 0 Å². The maximum atomic E-state index is 0. The number of hydrogen-bond donors (Lipinski definition) is 1. The third-order valence-corrected chi connectivity index (χ3v) is 0. The fraction of sp³-hybridized carbons (Fsp3) is 0. The molecule has 0 aliphatic carbocycles. The van der Waals surface area contributed by atoms with E-state index in [0.29, 0.717) is 0 Å². The van der Waals surface area contributed by atoms with Crippen LogP contribution in [0.15, 0.2) is 0 Å². The van der Waals surface area contributed by atoms with Gasteiger partial charge in [0, 0.05) is 0 Å². The van der Waals surface area contributed by atoms with Gasteiger partial charge in [-0.25, -0.2) is 0 Å². The fourth-order valence-corrected chi connectivity index (χ4v) is 0. The molecule has 0 heterocycles. The average molecular weight is 95.2 g/mol. The zero-order valence-electron chi connectivity index (χ0n) is 4.41. The van der Waals surface area contributed by atoms with Gasteiger partial charge in [0.1, 0.15) is 0 Å². The summed E-state index contributed by atoms with van der Waals surface area (Å²) >= 11 is 0. The van der Waals surface area contributed by atoms with Crippen molar-refractivity contribution in [3.05, 3.63) is 0 Å². The van der Waals surface area contributed by atoms with Crippen molar-refractivity contribution in [3.8, 4) is 0 Å². The van der Waals surface area contributed by atoms with Gasteiger partial charge in [-0.1, -0.05) is 0 Å². The summed E-state index contributed by atoms with van der Waals surface area (Å²) in [5.74, 6) is 0. The van der Waals surface area contributed by atoms with Crippen LogP contribution in [0.3, 0.4) is 0 Å². The molecule has 0 amide bonds. The van der Waals surface area contributed by atoms with Gasteiger partial charge in [-0.15, -0.1) is 0 Å². The van der Waals surface area contributed by atoms with E-state index in [9.17, 15) is 0 Å². The summed E-state index contributed by atoms with van der Waals surface area (Å²) in [5.41, 5.74) is 0. The smallest absolute Gasteiger partial charge is 1.00 e. The van der Waals surface area contributed by atoms with Crippen LogP contribution >= 0.6 is 0 Å². The summed E-state index contributed by atoms with van der Waals surface area (Å²) in [5, 5.41) is 0. The molecule has 0 aliphatic rings. The Kier molecular flexibility index (Phi) is 533. The molecule has 0 atom stereocenters. The van der Waals surface area contributed by atoms with Crippen LogP contribution in [-0.2, 0) is 0 Å². The first-order chi connectivity index (χ1) is 0. The van der Waals surface area contributed by atoms with Crippen LogP contribution in [0.2, 0.25) is 0 Å². The van der Waals surface area contributed by atoms with E-state index in [1.807, 2.05) is 0 Å². The Balaban J connectivity index is 0. The van der Waals surface area contributed by atoms with Gasteiger partial charge in [0.25, 0.3) is 0 Å². The number of hydrogen-bond acceptors (Lipinski definition) is 1. The number of rotatable bonds is 0. The second-order valence-corrected chi connectivity index (χ2v) is 0. The zero-order valence-corrected chi connectivity index (χ0v) is 4.62. The molecule has 4 heteroatoms. The molecule has 0 aromatic heterocycles. The van der Waals surface area contributed by atoms with Crippen LogP contribution in [0.5, 0.6) is 0 Å². The van der Waals surface area contributed by atoms with Gasteiger partial charge in [-0.05, 0) is 0 Å². The van der Waals surface area contributed by atoms with Crippen molar-refractivity contribution in [1.29, 1.82) is 0 Å². The minimum absolute atomic E-state index is 0. The quantitative estimate of drug-likeness (QED) is 0.358. The molecule has 4 heavy (non-hydrogen) atoms. The molecule has 0 saturated carbocycles. The second-order valence-electron chi connectivity index (χ2n) is 0. The van der Waals surface area contributed by atoms with E-state index in [2.05, 4.69) is 0 Å². The van der Waals surface area contributed by atoms with Gasteiger partial charge < -0.3 is 20.0 Å². The first-order valence-electron chi connectivity index (χ1n) is 0. The molecule has 0 saturated heterocycles. The molecule has 7 N–H and O–H groups in total. The predicted molar refractivity (Wildman–Crippen MR) is 20.2 cm³/mol. The molecule has 0 radical (unpaired) electrons. The van der Waals surface area contributed by atoms with Crippen molar-refractivity contribution in [3.63, 3.8) is 0 Å². The van der Waals surface area contributed by atoms with E-state index in [4.69, 9.17) is 0 Å². The molecule has 0 spiro atoms. The van der Waals surface area contributed by atoms with Crippen molar-refractivity contribution in [1.82, 2.24) is 6.15 Å². The summed E-state index contributed by atoms with van der Waals surface area (Å²) < 4.78 is 0. The standard InChI is InChI=1S/Ca.H3N.2H2O.2H/h;1H3;2*1H2;;/q+2;;;;2*-1. The van der Waals surface area contributed by atoms with Gasteiger partial charge >= 0.3 is 37.7 Å². The third-order valence-electron chi connectivity index (χ3n) is 0. The normalized spacial score (nSPS) is 0. The largest absolute Gasteiger partial charge is 2.00 e. The van der Waals surface area contributed by atoms with Gasteiger partial charge in [-0.3, -0.25) is 0 Å². The van der Waals surface area contributed by atoms with Crippen LogP contribution < -0.4 is 6.15 Å². The molecule has 28 valence electrons. The monoisotopic (exact) mass is 95.0 g/mol. The first-order valence-corrected chi connectivity index (χ1v) is 0. The molecule has 0 rings (SSSR count). The zero-order chi connectivity index (χ0) is 0. The second kappa shape index (κ2) is 31.4. The van der Waals surface area contributed by atoms with Crippen LogP contribution in [0.25, 0.3) is 0 Å². The maximum Gasteiger partial charge on any atom is 2.00 e. The summed E-state index contributed by atoms with van der Waals surface area (Å²) in [7, 11) is 0. The average Bonchev–Trinajstić information content (AvgIpc) is 0. The molecular formula is H9CaNO2. The molecule has 0 unspecified atom stereocenters. The molecule has 3 nitrogen and oxygen atoms in total. The van der Waals surface area contributed by atoms with Crippen LogP contribution in [0.4, 0.5) is 0 Å². The van der Waals surface area contributed by atoms with E-state index in [-0.39, 0.29) is 57.7 Å². The summed E-state index contributed by atoms with van der Waals surface area (Å²) in [4.78, 5) is 0. The van der Waals surface area contributed by atoms with E-state index in [0.717, 1.165) is 0 Å². The van der Waals surface area contributed by atoms with Crippen molar-refractivity contribution in [2.75, 3.05) is 0 Å². The molecule has 0 aliphatic heterocycles. The third kappa shape index (κ3) is 11.1. The molecule has 0 aromatic carbocycles. The van der Waals surface area contributed by atoms with Crippen LogP contribution in [0, 0.1) is 0 Å². The Labute approximate surface area is 57.6 Å². The Morgan fingerprint density at radius 2 is 1.00 bits per heavy atom. The summed E-state index contributed by atoms with van der Waals surface area (Å²) in [6.45, 7) is 0. The Bertz CT molecular complexity index is 11.5. The van der Waals surface area contributed by atoms with Gasteiger partial charge in [0.15, 0.2) is 0 Å². The van der Waals surface area contributed by atoms with E-state index in [1.54, 1.807) is 0 Å². The maximum absolute atomic E-state index is 0. The van der Waals surface area contributed by atoms with Crippen LogP contribution in [0.1, 0.15) is 2.85 Å². The van der Waals surface area contributed by atoms with E-state index < -0.39 is 0 Å². The van der Waals surface area contributed by atoms with Gasteiger partial charge in [0.05, 0.1) is 0 Å². The molecule has 0 fully saturated rings. The van der Waals surface area contributed by atoms with Gasteiger partial charge in [0.2, 0.25) is 0 Å². The van der Waals surface area contributed by atoms with Gasteiger partial charge in [-0.2, -0.15) is 0 Å².